The number of nitrogens with one attached hydrogen (secondary N) is 2. The highest BCUT2D eigenvalue weighted by Crippen LogP contribution is 2.33. The van der Waals surface area contributed by atoms with Gasteiger partial charge in [-0.15, -0.1) is 0 Å². The highest BCUT2D eigenvalue weighted by molar-refractivity contribution is 5.95. The van der Waals surface area contributed by atoms with Crippen LogP contribution in [0, 0.1) is 5.92 Å². The van der Waals surface area contributed by atoms with Crippen LogP contribution in [0.5, 0.6) is 0 Å². The van der Waals surface area contributed by atoms with Crippen molar-refractivity contribution >= 4 is 17.7 Å². The molecule has 1 aromatic heterocycles. The van der Waals surface area contributed by atoms with E-state index in [2.05, 4.69) is 48.7 Å². The van der Waals surface area contributed by atoms with E-state index < -0.39 is 0 Å². The molecule has 2 fully saturated rings. The monoisotopic (exact) mass is 397 g/mol. The molecule has 1 saturated heterocycles. The van der Waals surface area contributed by atoms with Crippen molar-refractivity contribution in [3.05, 3.63) is 36.0 Å². The lowest BCUT2D eigenvalue weighted by atomic mass is 9.82. The van der Waals surface area contributed by atoms with Crippen molar-refractivity contribution in [2.45, 2.75) is 57.6 Å². The van der Waals surface area contributed by atoms with Gasteiger partial charge in [-0.1, -0.05) is 50.2 Å². The van der Waals surface area contributed by atoms with E-state index in [1.54, 1.807) is 6.20 Å². The molecule has 1 aromatic carbocycles. The number of ether oxygens (including phenoxy) is 1. The molecule has 2 aromatic rings. The number of fused-ring (bicyclic) bond motifs is 1. The molecular weight excluding hydrogens is 370 g/mol. The largest absolute Gasteiger partial charge is 0.366 e. The fraction of sp³-hybridized carbons (Fsp3) is 0.500. The van der Waals surface area contributed by atoms with Crippen LogP contribution in [-0.2, 0) is 19.7 Å². The number of carbonyl (C=O) groups is 2. The molecule has 29 heavy (non-hydrogen) atoms. The zero-order valence-electron chi connectivity index (χ0n) is 17.0. The highest BCUT2D eigenvalue weighted by Gasteiger charge is 2.38. The van der Waals surface area contributed by atoms with Gasteiger partial charge in [0, 0.05) is 5.92 Å². The van der Waals surface area contributed by atoms with E-state index in [0.717, 1.165) is 17.5 Å². The lowest BCUT2D eigenvalue weighted by Gasteiger charge is -2.38. The van der Waals surface area contributed by atoms with Crippen LogP contribution in [0.3, 0.4) is 0 Å². The summed E-state index contributed by atoms with van der Waals surface area (Å²) < 4.78 is 10.9. The second-order valence-electron chi connectivity index (χ2n) is 8.92. The van der Waals surface area contributed by atoms with Crippen molar-refractivity contribution in [1.82, 2.24) is 10.5 Å². The smallest absolute Gasteiger partial charge is 0.246 e. The molecule has 0 unspecified atom stereocenters. The molecule has 2 amide bonds. The Morgan fingerprint density at radius 3 is 2.69 bits per heavy atom. The summed E-state index contributed by atoms with van der Waals surface area (Å²) in [5.74, 6) is -0.0165. The van der Waals surface area contributed by atoms with E-state index in [0.29, 0.717) is 18.7 Å². The molecule has 2 aliphatic rings. The molecule has 2 N–H and O–H groups in total. The minimum Gasteiger partial charge on any atom is -0.366 e. The normalized spacial score (nSPS) is 24.5. The molecule has 7 heteroatoms. The Morgan fingerprint density at radius 2 is 1.97 bits per heavy atom. The molecule has 0 bridgehead atoms. The number of nitrogens with zero attached hydrogens (tertiary/aromatic N) is 1. The van der Waals surface area contributed by atoms with Crippen molar-refractivity contribution in [2.75, 3.05) is 11.9 Å². The Bertz CT molecular complexity index is 898. The Balaban J connectivity index is 1.44. The van der Waals surface area contributed by atoms with Crippen LogP contribution in [0.15, 0.2) is 35.0 Å². The lowest BCUT2D eigenvalue weighted by Crippen LogP contribution is -2.55. The van der Waals surface area contributed by atoms with Gasteiger partial charge in [0.2, 0.25) is 17.7 Å². The maximum atomic E-state index is 12.8. The molecule has 2 heterocycles. The minimum atomic E-state index is -0.188. The average molecular weight is 397 g/mol. The van der Waals surface area contributed by atoms with E-state index >= 15 is 0 Å². The fourth-order valence-corrected chi connectivity index (χ4v) is 4.05. The van der Waals surface area contributed by atoms with Crippen molar-refractivity contribution < 1.29 is 18.8 Å². The van der Waals surface area contributed by atoms with Crippen LogP contribution in [-0.4, -0.2) is 35.7 Å². The maximum Gasteiger partial charge on any atom is 0.246 e. The predicted molar refractivity (Wildman–Crippen MR) is 108 cm³/mol. The van der Waals surface area contributed by atoms with Gasteiger partial charge < -0.3 is 14.6 Å². The van der Waals surface area contributed by atoms with Crippen molar-refractivity contribution in [3.8, 4) is 11.1 Å². The summed E-state index contributed by atoms with van der Waals surface area (Å²) in [5.41, 5.74) is 3.01. The first-order valence-electron chi connectivity index (χ1n) is 10.1. The number of benzene rings is 1. The molecule has 7 nitrogen and oxygen atoms in total. The third-order valence-corrected chi connectivity index (χ3v) is 5.81. The Kier molecular flexibility index (Phi) is 5.17. The molecule has 0 spiro atoms. The van der Waals surface area contributed by atoms with Gasteiger partial charge in [-0.25, -0.2) is 0 Å². The molecule has 1 saturated carbocycles. The summed E-state index contributed by atoms with van der Waals surface area (Å²) in [6.45, 7) is 6.57. The zero-order chi connectivity index (χ0) is 20.6. The molecule has 4 rings (SSSR count). The maximum absolute atomic E-state index is 12.8. The predicted octanol–water partition coefficient (Wildman–Crippen LogP) is 3.26. The SMILES string of the molecule is CC(C)(C)c1ccc(-c2cnoc2NC(=O)[C@H]2CC[C@@H]3NC(=O)CO[C@H]3C2)cc1. The zero-order valence-corrected chi connectivity index (χ0v) is 17.0. The third kappa shape index (κ3) is 4.19. The van der Waals surface area contributed by atoms with Gasteiger partial charge in [0.25, 0.3) is 0 Å². The first-order valence-corrected chi connectivity index (χ1v) is 10.1. The van der Waals surface area contributed by atoms with E-state index in [9.17, 15) is 9.59 Å². The van der Waals surface area contributed by atoms with Crippen LogP contribution < -0.4 is 10.6 Å². The van der Waals surface area contributed by atoms with Gasteiger partial charge >= 0.3 is 0 Å². The summed E-state index contributed by atoms with van der Waals surface area (Å²) in [7, 11) is 0. The van der Waals surface area contributed by atoms with Crippen LogP contribution in [0.4, 0.5) is 5.88 Å². The molecule has 154 valence electrons. The molecule has 1 aliphatic heterocycles. The van der Waals surface area contributed by atoms with Crippen LogP contribution >= 0.6 is 0 Å². The highest BCUT2D eigenvalue weighted by atomic mass is 16.5. The van der Waals surface area contributed by atoms with Gasteiger partial charge in [-0.05, 0) is 35.8 Å². The van der Waals surface area contributed by atoms with Gasteiger partial charge in [-0.3, -0.25) is 14.9 Å². The number of amides is 2. The first kappa shape index (κ1) is 19.6. The van der Waals surface area contributed by atoms with Gasteiger partial charge in [0.1, 0.15) is 6.61 Å². The molecule has 3 atom stereocenters. The second kappa shape index (κ2) is 7.63. The topological polar surface area (TPSA) is 93.5 Å². The van der Waals surface area contributed by atoms with Crippen LogP contribution in [0.2, 0.25) is 0 Å². The van der Waals surface area contributed by atoms with E-state index in [1.165, 1.54) is 5.56 Å². The summed E-state index contributed by atoms with van der Waals surface area (Å²) >= 11 is 0. The van der Waals surface area contributed by atoms with Crippen molar-refractivity contribution in [3.63, 3.8) is 0 Å². The average Bonchev–Trinajstić information content (AvgIpc) is 3.15. The summed E-state index contributed by atoms with van der Waals surface area (Å²) in [6, 6.07) is 8.22. The summed E-state index contributed by atoms with van der Waals surface area (Å²) in [5, 5.41) is 9.72. The third-order valence-electron chi connectivity index (χ3n) is 5.81. The summed E-state index contributed by atoms with van der Waals surface area (Å²) in [4.78, 5) is 24.3. The van der Waals surface area contributed by atoms with Gasteiger partial charge in [0.05, 0.1) is 23.9 Å². The van der Waals surface area contributed by atoms with E-state index in [1.807, 2.05) is 12.1 Å². The summed E-state index contributed by atoms with van der Waals surface area (Å²) in [6.07, 6.45) is 3.52. The number of morpholine rings is 1. The van der Waals surface area contributed by atoms with E-state index in [-0.39, 0.29) is 41.9 Å². The van der Waals surface area contributed by atoms with Crippen LogP contribution in [0.1, 0.15) is 45.6 Å². The van der Waals surface area contributed by atoms with Crippen LogP contribution in [0.25, 0.3) is 11.1 Å². The van der Waals surface area contributed by atoms with Gasteiger partial charge in [0.15, 0.2) is 0 Å². The molecular formula is C22H27N3O4. The number of hydrogen-bond donors (Lipinski definition) is 2. The first-order chi connectivity index (χ1) is 13.8. The number of hydrogen-bond acceptors (Lipinski definition) is 5. The number of carbonyl (C=O) groups excluding carboxylic acids is 2. The fourth-order valence-electron chi connectivity index (χ4n) is 4.05. The standard InChI is InChI=1S/C22H27N3O4/c1-22(2,3)15-7-4-13(5-8-15)16-11-23-29-21(16)25-20(27)14-6-9-17-18(10-14)28-12-19(26)24-17/h4-5,7-8,11,14,17-18H,6,9-10,12H2,1-3H3,(H,24,26)(H,25,27)/t14-,17-,18-/m0/s1. The van der Waals surface area contributed by atoms with Crippen molar-refractivity contribution in [2.24, 2.45) is 5.92 Å². The lowest BCUT2D eigenvalue weighted by molar-refractivity contribution is -0.141. The van der Waals surface area contributed by atoms with Crippen molar-refractivity contribution in [1.29, 1.82) is 0 Å². The number of anilines is 1. The number of aromatic nitrogens is 1. The Hall–Kier alpha value is -2.67. The van der Waals surface area contributed by atoms with E-state index in [4.69, 9.17) is 9.26 Å². The quantitative estimate of drug-likeness (QED) is 0.829. The molecule has 1 aliphatic carbocycles. The molecule has 0 radical (unpaired) electrons. The van der Waals surface area contributed by atoms with Gasteiger partial charge in [-0.2, -0.15) is 0 Å². The Labute approximate surface area is 170 Å². The minimum absolute atomic E-state index is 0.00229. The number of rotatable bonds is 3. The second-order valence-corrected chi connectivity index (χ2v) is 8.92. The Morgan fingerprint density at radius 1 is 1.21 bits per heavy atom.